The van der Waals surface area contributed by atoms with Gasteiger partial charge in [-0.05, 0) is 122 Å². The van der Waals surface area contributed by atoms with Crippen LogP contribution in [0.2, 0.25) is 0 Å². The van der Waals surface area contributed by atoms with Gasteiger partial charge in [0.2, 0.25) is 6.10 Å². The topological polar surface area (TPSA) is 89.9 Å². The molecule has 6 heteroatoms. The number of fused-ring (bicyclic) bond motifs is 5. The Balaban J connectivity index is 1.27. The summed E-state index contributed by atoms with van der Waals surface area (Å²) < 4.78 is 11.2. The summed E-state index contributed by atoms with van der Waals surface area (Å²) in [6, 6.07) is 6.11. The zero-order valence-corrected chi connectivity index (χ0v) is 28.0. The van der Waals surface area contributed by atoms with Crippen LogP contribution in [0.4, 0.5) is 0 Å². The molecule has 1 aromatic rings. The number of carbonyl (C=O) groups is 3. The van der Waals surface area contributed by atoms with Crippen molar-refractivity contribution >= 4 is 17.9 Å². The van der Waals surface area contributed by atoms with Crippen molar-refractivity contribution in [2.24, 2.45) is 58.2 Å². The summed E-state index contributed by atoms with van der Waals surface area (Å²) in [5, 5.41) is 9.55. The van der Waals surface area contributed by atoms with E-state index in [1.807, 2.05) is 0 Å². The van der Waals surface area contributed by atoms with E-state index in [1.54, 1.807) is 12.1 Å². The second-order valence-corrected chi connectivity index (χ2v) is 16.0. The quantitative estimate of drug-likeness (QED) is 0.211. The van der Waals surface area contributed by atoms with E-state index in [4.69, 9.17) is 9.47 Å². The smallest absolute Gasteiger partial charge is 0.353 e. The summed E-state index contributed by atoms with van der Waals surface area (Å²) in [4.78, 5) is 37.3. The van der Waals surface area contributed by atoms with Crippen LogP contribution in [0.15, 0.2) is 24.3 Å². The van der Waals surface area contributed by atoms with Crippen LogP contribution in [-0.2, 0) is 14.3 Å². The zero-order chi connectivity index (χ0) is 31.8. The number of hydrogen-bond donors (Lipinski definition) is 1. The minimum atomic E-state index is -1.17. The van der Waals surface area contributed by atoms with E-state index < -0.39 is 24.0 Å². The molecule has 0 saturated heterocycles. The summed E-state index contributed by atoms with van der Waals surface area (Å²) in [6.45, 7) is 13.7. The Kier molecular flexibility index (Phi) is 9.87. The van der Waals surface area contributed by atoms with Gasteiger partial charge in [0.15, 0.2) is 0 Å². The predicted octanol–water partition coefficient (Wildman–Crippen LogP) is 8.96. The first-order valence-corrected chi connectivity index (χ1v) is 17.6. The average molecular weight is 609 g/mol. The average Bonchev–Trinajstić information content (AvgIpc) is 3.32. The highest BCUT2D eigenvalue weighted by molar-refractivity contribution is 5.92. The van der Waals surface area contributed by atoms with Crippen LogP contribution in [0.1, 0.15) is 129 Å². The van der Waals surface area contributed by atoms with Gasteiger partial charge in [-0.2, -0.15) is 0 Å². The normalized spacial score (nSPS) is 36.0. The second kappa shape index (κ2) is 13.2. The Hall–Kier alpha value is -2.37. The largest absolute Gasteiger partial charge is 0.478 e. The first-order valence-electron chi connectivity index (χ1n) is 17.6. The summed E-state index contributed by atoms with van der Waals surface area (Å²) >= 11 is 0. The lowest BCUT2D eigenvalue weighted by atomic mass is 9.43. The number of carbonyl (C=O) groups excluding carboxylic acids is 2. The van der Waals surface area contributed by atoms with Gasteiger partial charge in [-0.25, -0.2) is 9.59 Å². The van der Waals surface area contributed by atoms with Crippen LogP contribution in [0, 0.1) is 58.2 Å². The maximum absolute atomic E-state index is 13.4. The molecular weight excluding hydrogens is 552 g/mol. The fourth-order valence-electron chi connectivity index (χ4n) is 11.0. The second-order valence-electron chi connectivity index (χ2n) is 16.0. The number of carboxylic acids is 1. The Morgan fingerprint density at radius 1 is 0.909 bits per heavy atom. The molecule has 4 fully saturated rings. The highest BCUT2D eigenvalue weighted by atomic mass is 16.6. The molecule has 1 aromatic carbocycles. The molecule has 1 N–H and O–H groups in total. The molecule has 0 aromatic heterocycles. The van der Waals surface area contributed by atoms with Crippen molar-refractivity contribution in [3.8, 4) is 5.75 Å². The SMILES string of the molecule is CC(=O)OC(C(=O)Oc1ccccc1C(=O)O)C1CC[C@@]2(C)C(CCC3C2CC[C@@]2(C)C3CC[C@@H]2[C@H](C)CCCC(C)C)C1. The molecule has 6 unspecified atom stereocenters. The molecule has 4 saturated carbocycles. The van der Waals surface area contributed by atoms with Crippen molar-refractivity contribution in [1.29, 1.82) is 0 Å². The van der Waals surface area contributed by atoms with Crippen LogP contribution in [0.25, 0.3) is 0 Å². The number of aromatic carboxylic acids is 1. The molecule has 0 radical (unpaired) electrons. The fraction of sp³-hybridized carbons (Fsp3) is 0.763. The van der Waals surface area contributed by atoms with E-state index in [1.165, 1.54) is 76.8 Å². The van der Waals surface area contributed by atoms with Crippen molar-refractivity contribution < 1.29 is 29.0 Å². The van der Waals surface area contributed by atoms with Gasteiger partial charge in [0.25, 0.3) is 0 Å². The maximum Gasteiger partial charge on any atom is 0.353 e. The molecule has 0 amide bonds. The Bertz CT molecular complexity index is 1210. The lowest BCUT2D eigenvalue weighted by Gasteiger charge is -2.61. The van der Waals surface area contributed by atoms with E-state index in [0.717, 1.165) is 54.8 Å². The highest BCUT2D eigenvalue weighted by Gasteiger charge is 2.61. The van der Waals surface area contributed by atoms with Crippen molar-refractivity contribution in [3.05, 3.63) is 29.8 Å². The Morgan fingerprint density at radius 2 is 1.61 bits per heavy atom. The van der Waals surface area contributed by atoms with Crippen LogP contribution in [-0.4, -0.2) is 29.1 Å². The number of esters is 2. The third kappa shape index (κ3) is 6.33. The number of ether oxygens (including phenoxy) is 2. The molecule has 6 nitrogen and oxygen atoms in total. The van der Waals surface area contributed by atoms with E-state index in [9.17, 15) is 19.5 Å². The van der Waals surface area contributed by atoms with Gasteiger partial charge in [0, 0.05) is 12.8 Å². The minimum Gasteiger partial charge on any atom is -0.478 e. The molecule has 44 heavy (non-hydrogen) atoms. The fourth-order valence-corrected chi connectivity index (χ4v) is 11.0. The summed E-state index contributed by atoms with van der Waals surface area (Å²) in [5.74, 6) is 2.76. The number of benzene rings is 1. The molecule has 5 rings (SSSR count). The first kappa shape index (κ1) is 33.0. The summed E-state index contributed by atoms with van der Waals surface area (Å²) in [7, 11) is 0. The third-order valence-electron chi connectivity index (χ3n) is 13.2. The number of hydrogen-bond acceptors (Lipinski definition) is 5. The standard InChI is InChI=1S/C38H56O6/c1-23(2)10-9-11-24(3)30-16-17-31-28-15-14-27-22-26(18-20-37(27,5)32(28)19-21-38(30,31)6)34(43-25(4)39)36(42)44-33-13-8-7-12-29(33)35(40)41/h7-8,12-13,23-24,26-28,30-32,34H,9-11,14-22H2,1-6H3,(H,40,41)/t24-,26?,27?,28?,30-,31?,32?,34?,37+,38-/m1/s1. The van der Waals surface area contributed by atoms with E-state index in [0.29, 0.717) is 11.3 Å². The molecule has 0 aliphatic heterocycles. The lowest BCUT2D eigenvalue weighted by molar-refractivity contribution is -0.171. The molecule has 10 atom stereocenters. The van der Waals surface area contributed by atoms with Gasteiger partial charge in [-0.3, -0.25) is 4.79 Å². The third-order valence-corrected chi connectivity index (χ3v) is 13.2. The van der Waals surface area contributed by atoms with E-state index in [2.05, 4.69) is 34.6 Å². The highest BCUT2D eigenvalue weighted by Crippen LogP contribution is 2.68. The van der Waals surface area contributed by atoms with Crippen molar-refractivity contribution in [1.82, 2.24) is 0 Å². The molecule has 4 aliphatic carbocycles. The van der Waals surface area contributed by atoms with E-state index in [-0.39, 0.29) is 22.6 Å². The number of rotatable bonds is 10. The van der Waals surface area contributed by atoms with Crippen LogP contribution < -0.4 is 4.74 Å². The molecule has 0 spiro atoms. The number of carboxylic acid groups (broad SMARTS) is 1. The van der Waals surface area contributed by atoms with Crippen LogP contribution in [0.3, 0.4) is 0 Å². The maximum atomic E-state index is 13.4. The van der Waals surface area contributed by atoms with Crippen LogP contribution in [0.5, 0.6) is 5.75 Å². The van der Waals surface area contributed by atoms with E-state index >= 15 is 0 Å². The van der Waals surface area contributed by atoms with Gasteiger partial charge in [-0.15, -0.1) is 0 Å². The molecule has 4 aliphatic rings. The number of para-hydroxylation sites is 1. The van der Waals surface area contributed by atoms with Gasteiger partial charge >= 0.3 is 17.9 Å². The van der Waals surface area contributed by atoms with Crippen molar-refractivity contribution in [2.75, 3.05) is 0 Å². The summed E-state index contributed by atoms with van der Waals surface area (Å²) in [6.07, 6.45) is 13.6. The van der Waals surface area contributed by atoms with Crippen molar-refractivity contribution in [3.63, 3.8) is 0 Å². The van der Waals surface area contributed by atoms with Gasteiger partial charge in [0.05, 0.1) is 0 Å². The van der Waals surface area contributed by atoms with Crippen molar-refractivity contribution in [2.45, 2.75) is 125 Å². The van der Waals surface area contributed by atoms with Gasteiger partial charge < -0.3 is 14.6 Å². The molecule has 244 valence electrons. The zero-order valence-electron chi connectivity index (χ0n) is 28.0. The minimum absolute atomic E-state index is 0.0160. The van der Waals surface area contributed by atoms with Gasteiger partial charge in [-0.1, -0.05) is 66.0 Å². The first-order chi connectivity index (χ1) is 20.8. The summed E-state index contributed by atoms with van der Waals surface area (Å²) in [5.41, 5.74) is 0.623. The monoisotopic (exact) mass is 608 g/mol. The van der Waals surface area contributed by atoms with Gasteiger partial charge in [0.1, 0.15) is 11.3 Å². The Labute approximate surface area is 265 Å². The molecule has 0 heterocycles. The van der Waals surface area contributed by atoms with Crippen LogP contribution >= 0.6 is 0 Å². The predicted molar refractivity (Wildman–Crippen MR) is 171 cm³/mol. The Morgan fingerprint density at radius 3 is 2.32 bits per heavy atom. The lowest BCUT2D eigenvalue weighted by Crippen LogP contribution is -2.55. The molecular formula is C38H56O6. The molecule has 0 bridgehead atoms.